The molecule has 2 aromatic rings. The van der Waals surface area contributed by atoms with Crippen LogP contribution >= 0.6 is 23.5 Å². The third-order valence-corrected chi connectivity index (χ3v) is 6.78. The molecular weight excluding hydrogens is 446 g/mol. The predicted octanol–water partition coefficient (Wildman–Crippen LogP) is 3.72. The molecule has 2 aromatic carbocycles. The molecule has 0 heterocycles. The summed E-state index contributed by atoms with van der Waals surface area (Å²) in [5.41, 5.74) is 2.09. The lowest BCUT2D eigenvalue weighted by Gasteiger charge is -2.21. The Balaban J connectivity index is 2.00. The Morgan fingerprint density at radius 1 is 0.938 bits per heavy atom. The van der Waals surface area contributed by atoms with E-state index in [1.54, 1.807) is 7.11 Å². The molecule has 1 amide bonds. The van der Waals surface area contributed by atoms with Crippen LogP contribution in [-0.2, 0) is 31.3 Å². The van der Waals surface area contributed by atoms with Gasteiger partial charge in [-0.2, -0.15) is 11.8 Å². The zero-order chi connectivity index (χ0) is 23.3. The molecule has 0 aliphatic carbocycles. The molecule has 0 aliphatic heterocycles. The fraction of sp³-hybridized carbons (Fsp3) is 0.375. The maximum absolute atomic E-state index is 13.0. The number of rotatable bonds is 12. The molecule has 32 heavy (non-hydrogen) atoms. The number of esters is 1. The summed E-state index contributed by atoms with van der Waals surface area (Å²) >= 11 is 2.65. The van der Waals surface area contributed by atoms with Crippen molar-refractivity contribution in [3.63, 3.8) is 0 Å². The Labute approximate surface area is 197 Å². The van der Waals surface area contributed by atoms with Gasteiger partial charge in [0.25, 0.3) is 0 Å². The van der Waals surface area contributed by atoms with Crippen LogP contribution in [0.1, 0.15) is 18.1 Å². The Kier molecular flexibility index (Phi) is 11.2. The summed E-state index contributed by atoms with van der Waals surface area (Å²) in [6.45, 7) is 1.48. The largest absolute Gasteiger partial charge is 0.497 e. The van der Waals surface area contributed by atoms with Crippen LogP contribution in [-0.4, -0.2) is 48.8 Å². The maximum atomic E-state index is 13.0. The van der Waals surface area contributed by atoms with E-state index in [1.165, 1.54) is 25.8 Å². The molecule has 2 rings (SSSR count). The lowest BCUT2D eigenvalue weighted by Crippen LogP contribution is -2.46. The van der Waals surface area contributed by atoms with Crippen LogP contribution in [0.2, 0.25) is 0 Å². The zero-order valence-corrected chi connectivity index (χ0v) is 20.2. The minimum atomic E-state index is -0.767. The third-order valence-electron chi connectivity index (χ3n) is 4.70. The van der Waals surface area contributed by atoms with Gasteiger partial charge in [-0.25, -0.2) is 4.79 Å². The zero-order valence-electron chi connectivity index (χ0n) is 18.5. The topological polar surface area (TPSA) is 81.7 Å². The highest BCUT2D eigenvalue weighted by Gasteiger charge is 2.27. The van der Waals surface area contributed by atoms with E-state index >= 15 is 0 Å². The third kappa shape index (κ3) is 8.96. The molecule has 8 heteroatoms. The molecular formula is C24H29NO5S2. The molecule has 0 radical (unpaired) electrons. The molecule has 0 bridgehead atoms. The first-order valence-corrected chi connectivity index (χ1v) is 12.3. The summed E-state index contributed by atoms with van der Waals surface area (Å²) in [5, 5.41) is 2.79. The van der Waals surface area contributed by atoms with Gasteiger partial charge >= 0.3 is 5.97 Å². The van der Waals surface area contributed by atoms with Crippen LogP contribution in [0.4, 0.5) is 0 Å². The lowest BCUT2D eigenvalue weighted by atomic mass is 10.00. The van der Waals surface area contributed by atoms with Crippen molar-refractivity contribution in [3.8, 4) is 5.75 Å². The molecule has 0 spiro atoms. The number of carbonyl (C=O) groups excluding carboxylic acids is 3. The summed E-state index contributed by atoms with van der Waals surface area (Å²) in [7, 11) is 2.93. The fourth-order valence-corrected chi connectivity index (χ4v) is 4.67. The highest BCUT2D eigenvalue weighted by atomic mass is 32.2. The number of benzene rings is 2. The first-order valence-electron chi connectivity index (χ1n) is 10.2. The fourth-order valence-electron chi connectivity index (χ4n) is 2.96. The average molecular weight is 476 g/mol. The van der Waals surface area contributed by atoms with Crippen LogP contribution < -0.4 is 10.1 Å². The minimum absolute atomic E-state index is 0.0459. The summed E-state index contributed by atoms with van der Waals surface area (Å²) in [4.78, 5) is 36.8. The van der Waals surface area contributed by atoms with Crippen molar-refractivity contribution < 1.29 is 23.9 Å². The van der Waals surface area contributed by atoms with Crippen LogP contribution in [0.25, 0.3) is 0 Å². The van der Waals surface area contributed by atoms with Gasteiger partial charge in [0.15, 0.2) is 5.12 Å². The number of ether oxygens (including phenoxy) is 2. The lowest BCUT2D eigenvalue weighted by molar-refractivity contribution is -0.144. The highest BCUT2D eigenvalue weighted by molar-refractivity contribution is 8.13. The number of methoxy groups -OCH3 is 2. The molecule has 0 saturated heterocycles. The molecule has 172 valence electrons. The van der Waals surface area contributed by atoms with Gasteiger partial charge in [-0.05, 0) is 29.7 Å². The monoisotopic (exact) mass is 475 g/mol. The van der Waals surface area contributed by atoms with Crippen LogP contribution in [0.3, 0.4) is 0 Å². The molecule has 1 N–H and O–H groups in total. The quantitative estimate of drug-likeness (QED) is 0.469. The molecule has 0 fully saturated rings. The van der Waals surface area contributed by atoms with Crippen molar-refractivity contribution in [3.05, 3.63) is 65.7 Å². The van der Waals surface area contributed by atoms with Crippen molar-refractivity contribution in [2.24, 2.45) is 5.92 Å². The smallest absolute Gasteiger partial charge is 0.329 e. The van der Waals surface area contributed by atoms with Gasteiger partial charge in [0.05, 0.1) is 20.1 Å². The Morgan fingerprint density at radius 2 is 1.62 bits per heavy atom. The minimum Gasteiger partial charge on any atom is -0.497 e. The van der Waals surface area contributed by atoms with E-state index in [4.69, 9.17) is 9.47 Å². The van der Waals surface area contributed by atoms with E-state index in [0.717, 1.165) is 28.6 Å². The molecule has 0 aromatic heterocycles. The molecule has 2 atom stereocenters. The Morgan fingerprint density at radius 3 is 2.22 bits per heavy atom. The van der Waals surface area contributed by atoms with Crippen molar-refractivity contribution in [1.82, 2.24) is 5.32 Å². The van der Waals surface area contributed by atoms with Gasteiger partial charge < -0.3 is 14.8 Å². The number of thioether (sulfide) groups is 2. The Bertz CT molecular complexity index is 874. The molecule has 1 unspecified atom stereocenters. The van der Waals surface area contributed by atoms with E-state index in [0.29, 0.717) is 23.7 Å². The second kappa shape index (κ2) is 13.9. The number of amides is 1. The summed E-state index contributed by atoms with van der Waals surface area (Å²) < 4.78 is 10.1. The van der Waals surface area contributed by atoms with Crippen molar-refractivity contribution in [2.75, 3.05) is 25.7 Å². The molecule has 0 aliphatic rings. The van der Waals surface area contributed by atoms with E-state index in [9.17, 15) is 14.4 Å². The van der Waals surface area contributed by atoms with E-state index < -0.39 is 17.9 Å². The van der Waals surface area contributed by atoms with Gasteiger partial charge in [0.1, 0.15) is 11.8 Å². The molecule has 6 nitrogen and oxygen atoms in total. The number of hydrogen-bond donors (Lipinski definition) is 1. The van der Waals surface area contributed by atoms with Crippen LogP contribution in [0, 0.1) is 5.92 Å². The normalized spacial score (nSPS) is 12.5. The van der Waals surface area contributed by atoms with Gasteiger partial charge in [-0.15, -0.1) is 0 Å². The summed E-state index contributed by atoms with van der Waals surface area (Å²) in [6.07, 6.45) is 0.486. The van der Waals surface area contributed by atoms with Crippen molar-refractivity contribution in [1.29, 1.82) is 0 Å². The predicted molar refractivity (Wildman–Crippen MR) is 130 cm³/mol. The standard InChI is InChI=1S/C24H29NO5S2/c1-17(26)32-15-20(13-18-7-5-4-6-8-18)23(27)25-22(24(28)30-3)16-31-14-19-9-11-21(29-2)12-10-19/h4-12,20,22H,13-16H2,1-3H3,(H,25,27)/t20?,22-/m0/s1. The first kappa shape index (κ1) is 25.8. The van der Waals surface area contributed by atoms with Gasteiger partial charge in [-0.1, -0.05) is 54.2 Å². The van der Waals surface area contributed by atoms with Crippen molar-refractivity contribution >= 4 is 40.5 Å². The van der Waals surface area contributed by atoms with Crippen LogP contribution in [0.5, 0.6) is 5.75 Å². The van der Waals surface area contributed by atoms with E-state index in [2.05, 4.69) is 5.32 Å². The highest BCUT2D eigenvalue weighted by Crippen LogP contribution is 2.19. The average Bonchev–Trinajstić information content (AvgIpc) is 2.81. The number of nitrogens with one attached hydrogen (secondary N) is 1. The second-order valence-electron chi connectivity index (χ2n) is 7.14. The molecule has 0 saturated carbocycles. The Hall–Kier alpha value is -2.45. The van der Waals surface area contributed by atoms with Crippen LogP contribution in [0.15, 0.2) is 54.6 Å². The number of hydrogen-bond acceptors (Lipinski definition) is 7. The van der Waals surface area contributed by atoms with Gasteiger partial charge in [-0.3, -0.25) is 9.59 Å². The van der Waals surface area contributed by atoms with Crippen molar-refractivity contribution in [2.45, 2.75) is 25.1 Å². The summed E-state index contributed by atoms with van der Waals surface area (Å²) in [5.74, 6) is 1.00. The number of carbonyl (C=O) groups is 3. The summed E-state index contributed by atoms with van der Waals surface area (Å²) in [6, 6.07) is 16.6. The van der Waals surface area contributed by atoms with Gasteiger partial charge in [0.2, 0.25) is 5.91 Å². The SMILES string of the molecule is COC(=O)[C@H](CSCc1ccc(OC)cc1)NC(=O)C(CSC(C)=O)Cc1ccccc1. The van der Waals surface area contributed by atoms with Gasteiger partial charge in [0, 0.05) is 24.2 Å². The van der Waals surface area contributed by atoms with E-state index in [1.807, 2.05) is 54.6 Å². The maximum Gasteiger partial charge on any atom is 0.329 e. The first-order chi connectivity index (χ1) is 15.4. The second-order valence-corrected chi connectivity index (χ2v) is 9.36. The van der Waals surface area contributed by atoms with E-state index in [-0.39, 0.29) is 11.0 Å².